The second kappa shape index (κ2) is 10.2. The zero-order chi connectivity index (χ0) is 21.6. The van der Waals surface area contributed by atoms with Gasteiger partial charge in [0.15, 0.2) is 18.2 Å². The van der Waals surface area contributed by atoms with Crippen molar-refractivity contribution in [1.29, 1.82) is 0 Å². The first kappa shape index (κ1) is 22.4. The minimum Gasteiger partial charge on any atom is -0.466 e. The Balaban J connectivity index is 0.00000289. The van der Waals surface area contributed by atoms with Crippen molar-refractivity contribution >= 4 is 34.8 Å². The van der Waals surface area contributed by atoms with E-state index in [2.05, 4.69) is 20.3 Å². The average molecular weight is 436 g/mol. The van der Waals surface area contributed by atoms with Crippen LogP contribution in [0.2, 0.25) is 0 Å². The SMILES string of the molecule is O.O=C(COc1nc2ccccc2nc1/C=C\c1ccncc1)Nc1ccc(F)c(F)c1. The largest absolute Gasteiger partial charge is 0.466 e. The summed E-state index contributed by atoms with van der Waals surface area (Å²) >= 11 is 0. The van der Waals surface area contributed by atoms with Crippen LogP contribution in [0.3, 0.4) is 0 Å². The van der Waals surface area contributed by atoms with E-state index in [4.69, 9.17) is 4.74 Å². The van der Waals surface area contributed by atoms with E-state index in [0.717, 1.165) is 17.7 Å². The number of anilines is 1. The number of hydrogen-bond acceptors (Lipinski definition) is 5. The van der Waals surface area contributed by atoms with Crippen LogP contribution >= 0.6 is 0 Å². The zero-order valence-corrected chi connectivity index (χ0v) is 16.6. The molecule has 0 fully saturated rings. The van der Waals surface area contributed by atoms with E-state index in [1.165, 1.54) is 6.07 Å². The van der Waals surface area contributed by atoms with Gasteiger partial charge in [0.25, 0.3) is 5.91 Å². The maximum atomic E-state index is 13.3. The smallest absolute Gasteiger partial charge is 0.262 e. The normalized spacial score (nSPS) is 10.7. The minimum atomic E-state index is -1.05. The molecule has 9 heteroatoms. The molecule has 3 N–H and O–H groups in total. The first-order valence-electron chi connectivity index (χ1n) is 9.31. The van der Waals surface area contributed by atoms with Crippen molar-refractivity contribution in [3.63, 3.8) is 0 Å². The summed E-state index contributed by atoms with van der Waals surface area (Å²) in [7, 11) is 0. The van der Waals surface area contributed by atoms with Gasteiger partial charge in [-0.2, -0.15) is 0 Å². The van der Waals surface area contributed by atoms with Gasteiger partial charge in [-0.15, -0.1) is 0 Å². The fourth-order valence-corrected chi connectivity index (χ4v) is 2.77. The number of aromatic nitrogens is 3. The lowest BCUT2D eigenvalue weighted by atomic mass is 10.2. The number of fused-ring (bicyclic) bond motifs is 1. The Morgan fingerprint density at radius 3 is 2.38 bits per heavy atom. The first-order valence-corrected chi connectivity index (χ1v) is 9.31. The lowest BCUT2D eigenvalue weighted by Gasteiger charge is -2.10. The Morgan fingerprint density at radius 2 is 1.66 bits per heavy atom. The molecule has 0 aliphatic heterocycles. The van der Waals surface area contributed by atoms with E-state index < -0.39 is 17.5 Å². The Morgan fingerprint density at radius 1 is 0.938 bits per heavy atom. The predicted molar refractivity (Wildman–Crippen MR) is 117 cm³/mol. The summed E-state index contributed by atoms with van der Waals surface area (Å²) in [5.74, 6) is -2.43. The van der Waals surface area contributed by atoms with Crippen LogP contribution in [0, 0.1) is 11.6 Å². The number of amides is 1. The number of carbonyl (C=O) groups is 1. The number of nitrogens with zero attached hydrogens (tertiary/aromatic N) is 3. The molecule has 0 saturated heterocycles. The van der Waals surface area contributed by atoms with Gasteiger partial charge in [-0.3, -0.25) is 9.78 Å². The van der Waals surface area contributed by atoms with E-state index in [-0.39, 0.29) is 23.7 Å². The van der Waals surface area contributed by atoms with E-state index in [9.17, 15) is 13.6 Å². The van der Waals surface area contributed by atoms with Crippen LogP contribution in [0.25, 0.3) is 23.2 Å². The van der Waals surface area contributed by atoms with Crippen molar-refractivity contribution in [2.75, 3.05) is 11.9 Å². The van der Waals surface area contributed by atoms with Crippen LogP contribution in [0.1, 0.15) is 11.3 Å². The predicted octanol–water partition coefficient (Wildman–Crippen LogP) is 3.67. The fourth-order valence-electron chi connectivity index (χ4n) is 2.77. The molecular weight excluding hydrogens is 418 g/mol. The standard InChI is InChI=1S/C23H16F2N4O2.H2O/c24-17-7-6-16(13-18(17)25)27-22(30)14-31-23-21(8-5-15-9-11-26-12-10-15)28-19-3-1-2-4-20(19)29-23;/h1-13H,14H2,(H,27,30);1H2/b8-5-;. The maximum absolute atomic E-state index is 13.3. The Labute approximate surface area is 181 Å². The summed E-state index contributed by atoms with van der Waals surface area (Å²) in [6.45, 7) is -0.387. The van der Waals surface area contributed by atoms with Gasteiger partial charge in [-0.25, -0.2) is 18.7 Å². The summed E-state index contributed by atoms with van der Waals surface area (Å²) in [5, 5.41) is 2.45. The number of para-hydroxylation sites is 2. The van der Waals surface area contributed by atoms with E-state index >= 15 is 0 Å². The minimum absolute atomic E-state index is 0. The van der Waals surface area contributed by atoms with Gasteiger partial charge in [0.2, 0.25) is 5.88 Å². The summed E-state index contributed by atoms with van der Waals surface area (Å²) < 4.78 is 32.0. The number of nitrogens with one attached hydrogen (secondary N) is 1. The molecule has 2 heterocycles. The molecule has 4 rings (SSSR count). The summed E-state index contributed by atoms with van der Waals surface area (Å²) in [5.41, 5.74) is 2.76. The summed E-state index contributed by atoms with van der Waals surface area (Å²) in [4.78, 5) is 25.2. The lowest BCUT2D eigenvalue weighted by molar-refractivity contribution is -0.118. The number of halogens is 2. The van der Waals surface area contributed by atoms with E-state index in [0.29, 0.717) is 16.7 Å². The van der Waals surface area contributed by atoms with Crippen LogP contribution in [0.4, 0.5) is 14.5 Å². The monoisotopic (exact) mass is 436 g/mol. The van der Waals surface area contributed by atoms with Crippen molar-refractivity contribution in [3.8, 4) is 5.88 Å². The molecular formula is C23H18F2N4O3. The third-order valence-electron chi connectivity index (χ3n) is 4.25. The molecule has 32 heavy (non-hydrogen) atoms. The fraction of sp³-hybridized carbons (Fsp3) is 0.0435. The molecule has 2 aromatic heterocycles. The molecule has 0 spiro atoms. The van der Waals surface area contributed by atoms with Crippen molar-refractivity contribution in [1.82, 2.24) is 15.0 Å². The highest BCUT2D eigenvalue weighted by atomic mass is 19.2. The Kier molecular flexibility index (Phi) is 7.14. The number of carbonyl (C=O) groups excluding carboxylic acids is 1. The molecule has 0 radical (unpaired) electrons. The molecule has 0 unspecified atom stereocenters. The van der Waals surface area contributed by atoms with E-state index in [1.807, 2.05) is 36.4 Å². The summed E-state index contributed by atoms with van der Waals surface area (Å²) in [6, 6.07) is 14.0. The maximum Gasteiger partial charge on any atom is 0.262 e. The van der Waals surface area contributed by atoms with Crippen LogP contribution in [0.15, 0.2) is 67.0 Å². The van der Waals surface area contributed by atoms with Gasteiger partial charge >= 0.3 is 0 Å². The quantitative estimate of drug-likeness (QED) is 0.496. The van der Waals surface area contributed by atoms with Gasteiger partial charge in [0, 0.05) is 24.1 Å². The van der Waals surface area contributed by atoms with Gasteiger partial charge in [0.05, 0.1) is 11.0 Å². The molecule has 162 valence electrons. The van der Waals surface area contributed by atoms with Gasteiger partial charge in [-0.05, 0) is 48.0 Å². The van der Waals surface area contributed by atoms with Gasteiger partial charge in [0.1, 0.15) is 5.69 Å². The lowest BCUT2D eigenvalue weighted by Crippen LogP contribution is -2.21. The molecule has 7 nitrogen and oxygen atoms in total. The van der Waals surface area contributed by atoms with Crippen LogP contribution < -0.4 is 10.1 Å². The first-order chi connectivity index (χ1) is 15.1. The second-order valence-corrected chi connectivity index (χ2v) is 6.48. The van der Waals surface area contributed by atoms with E-state index in [1.54, 1.807) is 24.5 Å². The van der Waals surface area contributed by atoms with Crippen molar-refractivity contribution in [2.45, 2.75) is 0 Å². The molecule has 2 aromatic carbocycles. The average Bonchev–Trinajstić information content (AvgIpc) is 2.79. The number of rotatable bonds is 6. The highest BCUT2D eigenvalue weighted by Crippen LogP contribution is 2.21. The highest BCUT2D eigenvalue weighted by molar-refractivity contribution is 5.92. The van der Waals surface area contributed by atoms with Crippen LogP contribution in [-0.2, 0) is 4.79 Å². The van der Waals surface area contributed by atoms with Gasteiger partial charge < -0.3 is 15.5 Å². The molecule has 4 aromatic rings. The van der Waals surface area contributed by atoms with Crippen molar-refractivity contribution in [3.05, 3.63) is 89.9 Å². The number of benzene rings is 2. The van der Waals surface area contributed by atoms with Crippen LogP contribution in [0.5, 0.6) is 5.88 Å². The molecule has 1 amide bonds. The van der Waals surface area contributed by atoms with Gasteiger partial charge in [-0.1, -0.05) is 18.2 Å². The molecule has 0 bridgehead atoms. The Hall–Kier alpha value is -4.24. The van der Waals surface area contributed by atoms with Crippen molar-refractivity contribution in [2.24, 2.45) is 0 Å². The second-order valence-electron chi connectivity index (χ2n) is 6.48. The number of hydrogen-bond donors (Lipinski definition) is 1. The van der Waals surface area contributed by atoms with Crippen LogP contribution in [-0.4, -0.2) is 32.9 Å². The molecule has 0 atom stereocenters. The highest BCUT2D eigenvalue weighted by Gasteiger charge is 2.12. The number of ether oxygens (including phenoxy) is 1. The molecule has 0 aliphatic carbocycles. The molecule has 0 saturated carbocycles. The third kappa shape index (κ3) is 5.46. The molecule has 0 aliphatic rings. The third-order valence-corrected chi connectivity index (χ3v) is 4.25. The topological polar surface area (TPSA) is 108 Å². The Bertz CT molecular complexity index is 1270. The van der Waals surface area contributed by atoms with Crippen molar-refractivity contribution < 1.29 is 23.8 Å². The number of pyridine rings is 1. The summed E-state index contributed by atoms with van der Waals surface area (Å²) in [6.07, 6.45) is 6.91. The zero-order valence-electron chi connectivity index (χ0n) is 16.6.